The number of amides is 1. The van der Waals surface area contributed by atoms with Crippen LogP contribution in [0.1, 0.15) is 15.2 Å². The number of hydrogen-bond donors (Lipinski definition) is 1. The van der Waals surface area contributed by atoms with Crippen LogP contribution in [0, 0.1) is 5.82 Å². The van der Waals surface area contributed by atoms with Gasteiger partial charge in [-0.3, -0.25) is 10.1 Å². The number of nitrogens with zero attached hydrogens (tertiary/aromatic N) is 1. The van der Waals surface area contributed by atoms with E-state index < -0.39 is 11.7 Å². The molecule has 0 radical (unpaired) electrons. The van der Waals surface area contributed by atoms with Crippen LogP contribution in [0.25, 0.3) is 11.3 Å². The Morgan fingerprint density at radius 3 is 2.78 bits per heavy atom. The Hall–Kier alpha value is -2.18. The summed E-state index contributed by atoms with van der Waals surface area (Å²) >= 11 is 3.20. The van der Waals surface area contributed by atoms with Gasteiger partial charge in [0.15, 0.2) is 5.13 Å². The van der Waals surface area contributed by atoms with Gasteiger partial charge in [0.05, 0.1) is 11.3 Å². The van der Waals surface area contributed by atoms with Gasteiger partial charge in [-0.2, -0.15) is 0 Å². The van der Waals surface area contributed by atoms with E-state index in [0.717, 1.165) is 21.9 Å². The summed E-state index contributed by atoms with van der Waals surface area (Å²) in [6, 6.07) is 14.0. The molecule has 1 aliphatic rings. The Morgan fingerprint density at radius 2 is 1.91 bits per heavy atom. The van der Waals surface area contributed by atoms with E-state index in [4.69, 9.17) is 0 Å². The second kappa shape index (κ2) is 5.79. The molecule has 4 rings (SSSR count). The molecule has 0 saturated heterocycles. The zero-order chi connectivity index (χ0) is 15.8. The third-order valence-electron chi connectivity index (χ3n) is 3.54. The van der Waals surface area contributed by atoms with E-state index in [0.29, 0.717) is 5.13 Å². The van der Waals surface area contributed by atoms with E-state index in [1.165, 1.54) is 28.4 Å². The smallest absolute Gasteiger partial charge is 0.260 e. The summed E-state index contributed by atoms with van der Waals surface area (Å²) in [6.07, 6.45) is 0. The third-order valence-corrected chi connectivity index (χ3v) is 5.79. The lowest BCUT2D eigenvalue weighted by atomic mass is 10.1. The van der Waals surface area contributed by atoms with Crippen molar-refractivity contribution in [1.82, 2.24) is 4.98 Å². The van der Waals surface area contributed by atoms with Gasteiger partial charge in [0.2, 0.25) is 0 Å². The number of carbonyl (C=O) groups excluding carboxylic acids is 1. The van der Waals surface area contributed by atoms with Crippen molar-refractivity contribution in [3.05, 3.63) is 64.8 Å². The van der Waals surface area contributed by atoms with Crippen molar-refractivity contribution in [2.24, 2.45) is 0 Å². The fourth-order valence-electron chi connectivity index (χ4n) is 2.45. The molecule has 0 spiro atoms. The van der Waals surface area contributed by atoms with E-state index >= 15 is 0 Å². The van der Waals surface area contributed by atoms with Gasteiger partial charge in [0, 0.05) is 21.1 Å². The van der Waals surface area contributed by atoms with Crippen molar-refractivity contribution in [1.29, 1.82) is 0 Å². The van der Waals surface area contributed by atoms with E-state index in [1.807, 2.05) is 18.2 Å². The molecule has 1 amide bonds. The molecule has 0 unspecified atom stereocenters. The average molecular weight is 342 g/mol. The summed E-state index contributed by atoms with van der Waals surface area (Å²) in [7, 11) is 0. The van der Waals surface area contributed by atoms with Crippen LogP contribution in [-0.4, -0.2) is 10.9 Å². The Labute approximate surface area is 140 Å². The SMILES string of the molecule is O=C(Nc1nc2c(s1)CSc1ccccc1-2)c1ccccc1F. The standard InChI is InChI=1S/C17H11FN2OS2/c18-12-7-3-1-5-10(12)16(21)20-17-19-15-11-6-2-4-8-13(11)22-9-14(15)23-17/h1-8H,9H2,(H,19,20,21). The van der Waals surface area contributed by atoms with Gasteiger partial charge in [0.1, 0.15) is 5.82 Å². The molecule has 6 heteroatoms. The molecule has 0 atom stereocenters. The Balaban J connectivity index is 1.65. The van der Waals surface area contributed by atoms with E-state index in [2.05, 4.69) is 16.4 Å². The number of thiazole rings is 1. The fourth-order valence-corrected chi connectivity index (χ4v) is 4.55. The summed E-state index contributed by atoms with van der Waals surface area (Å²) in [6.45, 7) is 0. The molecule has 1 aliphatic heterocycles. The van der Waals surface area contributed by atoms with Crippen LogP contribution in [0.4, 0.5) is 9.52 Å². The average Bonchev–Trinajstić information content (AvgIpc) is 2.98. The van der Waals surface area contributed by atoms with Crippen molar-refractivity contribution in [2.45, 2.75) is 10.6 Å². The van der Waals surface area contributed by atoms with Crippen molar-refractivity contribution in [3.63, 3.8) is 0 Å². The molecule has 0 fully saturated rings. The van der Waals surface area contributed by atoms with Gasteiger partial charge in [-0.05, 0) is 18.2 Å². The second-order valence-electron chi connectivity index (χ2n) is 5.01. The molecule has 23 heavy (non-hydrogen) atoms. The lowest BCUT2D eigenvalue weighted by Crippen LogP contribution is -2.13. The number of benzene rings is 2. The van der Waals surface area contributed by atoms with Gasteiger partial charge >= 0.3 is 0 Å². The summed E-state index contributed by atoms with van der Waals surface area (Å²) in [5.41, 5.74) is 2.02. The number of aromatic nitrogens is 1. The molecule has 2 heterocycles. The predicted molar refractivity (Wildman–Crippen MR) is 91.5 cm³/mol. The van der Waals surface area contributed by atoms with Crippen LogP contribution in [0.5, 0.6) is 0 Å². The first-order valence-electron chi connectivity index (χ1n) is 7.00. The molecule has 0 saturated carbocycles. The lowest BCUT2D eigenvalue weighted by Gasteiger charge is -2.13. The van der Waals surface area contributed by atoms with Gasteiger partial charge in [-0.1, -0.05) is 30.3 Å². The normalized spacial score (nSPS) is 12.4. The zero-order valence-corrected chi connectivity index (χ0v) is 13.5. The number of thioether (sulfide) groups is 1. The molecule has 2 aromatic carbocycles. The number of nitrogens with one attached hydrogen (secondary N) is 1. The monoisotopic (exact) mass is 342 g/mol. The minimum absolute atomic E-state index is 0.0236. The molecule has 1 N–H and O–H groups in total. The number of anilines is 1. The van der Waals surface area contributed by atoms with Crippen molar-refractivity contribution < 1.29 is 9.18 Å². The van der Waals surface area contributed by atoms with E-state index in [9.17, 15) is 9.18 Å². The number of rotatable bonds is 2. The largest absolute Gasteiger partial charge is 0.298 e. The van der Waals surface area contributed by atoms with Gasteiger partial charge in [-0.25, -0.2) is 9.37 Å². The highest BCUT2D eigenvalue weighted by atomic mass is 32.2. The van der Waals surface area contributed by atoms with Crippen LogP contribution in [0.15, 0.2) is 53.4 Å². The number of fused-ring (bicyclic) bond motifs is 3. The molecule has 0 aliphatic carbocycles. The topological polar surface area (TPSA) is 42.0 Å². The highest BCUT2D eigenvalue weighted by Gasteiger charge is 2.22. The van der Waals surface area contributed by atoms with Crippen LogP contribution in [0.3, 0.4) is 0 Å². The predicted octanol–water partition coefficient (Wildman–Crippen LogP) is 4.81. The molecule has 114 valence electrons. The molecular weight excluding hydrogens is 331 g/mol. The maximum Gasteiger partial charge on any atom is 0.260 e. The van der Waals surface area contributed by atoms with Crippen LogP contribution < -0.4 is 5.32 Å². The maximum atomic E-state index is 13.7. The van der Waals surface area contributed by atoms with Crippen LogP contribution in [-0.2, 0) is 5.75 Å². The lowest BCUT2D eigenvalue weighted by molar-refractivity contribution is 0.102. The van der Waals surface area contributed by atoms with Crippen molar-refractivity contribution >= 4 is 34.1 Å². The minimum atomic E-state index is -0.535. The molecule has 0 bridgehead atoms. The second-order valence-corrected chi connectivity index (χ2v) is 7.11. The number of halogens is 1. The Kier molecular flexibility index (Phi) is 3.63. The van der Waals surface area contributed by atoms with Crippen molar-refractivity contribution in [3.8, 4) is 11.3 Å². The Bertz CT molecular complexity index is 907. The molecular formula is C17H11FN2OS2. The van der Waals surface area contributed by atoms with Crippen LogP contribution >= 0.6 is 23.1 Å². The van der Waals surface area contributed by atoms with Crippen molar-refractivity contribution in [2.75, 3.05) is 5.32 Å². The first-order valence-corrected chi connectivity index (χ1v) is 8.80. The zero-order valence-electron chi connectivity index (χ0n) is 11.9. The van der Waals surface area contributed by atoms with Gasteiger partial charge in [0.25, 0.3) is 5.91 Å². The van der Waals surface area contributed by atoms with E-state index in [1.54, 1.807) is 23.9 Å². The highest BCUT2D eigenvalue weighted by molar-refractivity contribution is 7.98. The molecule has 3 nitrogen and oxygen atoms in total. The van der Waals surface area contributed by atoms with Gasteiger partial charge < -0.3 is 0 Å². The highest BCUT2D eigenvalue weighted by Crippen LogP contribution is 2.44. The summed E-state index contributed by atoms with van der Waals surface area (Å²) in [5, 5.41) is 3.21. The summed E-state index contributed by atoms with van der Waals surface area (Å²) < 4.78 is 13.7. The van der Waals surface area contributed by atoms with Gasteiger partial charge in [-0.15, -0.1) is 23.1 Å². The molecule has 1 aromatic heterocycles. The fraction of sp³-hybridized carbons (Fsp3) is 0.0588. The quantitative estimate of drug-likeness (QED) is 0.727. The van der Waals surface area contributed by atoms with Crippen LogP contribution in [0.2, 0.25) is 0 Å². The molecule has 3 aromatic rings. The Morgan fingerprint density at radius 1 is 1.13 bits per heavy atom. The summed E-state index contributed by atoms with van der Waals surface area (Å²) in [5.74, 6) is -0.179. The van der Waals surface area contributed by atoms with E-state index in [-0.39, 0.29) is 5.56 Å². The number of carbonyl (C=O) groups is 1. The third kappa shape index (κ3) is 2.64. The summed E-state index contributed by atoms with van der Waals surface area (Å²) in [4.78, 5) is 19.1. The minimum Gasteiger partial charge on any atom is -0.298 e. The number of hydrogen-bond acceptors (Lipinski definition) is 4. The maximum absolute atomic E-state index is 13.7. The first kappa shape index (κ1) is 14.4. The first-order chi connectivity index (χ1) is 11.2.